The van der Waals surface area contributed by atoms with Crippen molar-refractivity contribution in [3.8, 4) is 0 Å². The normalized spacial score (nSPS) is 23.0. The van der Waals surface area contributed by atoms with Gasteiger partial charge in [-0.25, -0.2) is 0 Å². The van der Waals surface area contributed by atoms with Gasteiger partial charge < -0.3 is 9.80 Å². The molecule has 0 spiro atoms. The van der Waals surface area contributed by atoms with Crippen molar-refractivity contribution in [2.45, 2.75) is 44.3 Å². The Morgan fingerprint density at radius 3 is 2.32 bits per heavy atom. The highest BCUT2D eigenvalue weighted by Gasteiger charge is 2.34. The largest absolute Gasteiger partial charge is 0.416 e. The first-order chi connectivity index (χ1) is 14.7. The Morgan fingerprint density at radius 1 is 1.06 bits per heavy atom. The van der Waals surface area contributed by atoms with E-state index in [9.17, 15) is 22.8 Å². The van der Waals surface area contributed by atoms with Gasteiger partial charge in [-0.05, 0) is 68.7 Å². The molecule has 3 saturated heterocycles. The standard InChI is InChI=1S/C21H23ClF3N3O2S/c22-16-12-14(21(23,24)25)10-13(11-17-19(29)26-20(30)31-17)18(16)28-8-4-15(5-9-28)27-6-2-1-3-7-27/h10-12,15H,1-9H2,(H,26,29,30)/b17-11+. The van der Waals surface area contributed by atoms with Gasteiger partial charge in [0, 0.05) is 24.7 Å². The van der Waals surface area contributed by atoms with Crippen molar-refractivity contribution in [3.63, 3.8) is 0 Å². The number of hydrogen-bond acceptors (Lipinski definition) is 5. The van der Waals surface area contributed by atoms with E-state index in [2.05, 4.69) is 10.2 Å². The Morgan fingerprint density at radius 2 is 1.74 bits per heavy atom. The quantitative estimate of drug-likeness (QED) is 0.616. The molecule has 10 heteroatoms. The lowest BCUT2D eigenvalue weighted by Gasteiger charge is -2.41. The van der Waals surface area contributed by atoms with Crippen LogP contribution in [-0.4, -0.2) is 48.3 Å². The van der Waals surface area contributed by atoms with Crippen LogP contribution in [0.2, 0.25) is 5.02 Å². The SMILES string of the molecule is O=C1NC(=O)/C(=C\c2cc(C(F)(F)F)cc(Cl)c2N2CCC(N3CCCCC3)CC2)S1. The zero-order valence-corrected chi connectivity index (χ0v) is 18.4. The molecule has 1 N–H and O–H groups in total. The van der Waals surface area contributed by atoms with Crippen molar-refractivity contribution in [2.24, 2.45) is 0 Å². The van der Waals surface area contributed by atoms with E-state index in [1.54, 1.807) is 0 Å². The molecule has 0 bridgehead atoms. The third-order valence-electron chi connectivity index (χ3n) is 6.04. The molecule has 3 fully saturated rings. The smallest absolute Gasteiger partial charge is 0.370 e. The highest BCUT2D eigenvalue weighted by Crippen LogP contribution is 2.41. The fourth-order valence-corrected chi connectivity index (χ4v) is 5.55. The average Bonchev–Trinajstić information content (AvgIpc) is 3.04. The van der Waals surface area contributed by atoms with Crippen molar-refractivity contribution in [1.29, 1.82) is 0 Å². The molecule has 0 saturated carbocycles. The number of halogens is 4. The summed E-state index contributed by atoms with van der Waals surface area (Å²) in [6.07, 6.45) is 2.25. The second-order valence-corrected chi connectivity index (χ2v) is 9.48. The Labute approximate surface area is 188 Å². The van der Waals surface area contributed by atoms with Gasteiger partial charge in [-0.2, -0.15) is 13.2 Å². The van der Waals surface area contributed by atoms with Crippen LogP contribution in [0, 0.1) is 0 Å². The molecule has 0 aromatic heterocycles. The molecule has 0 radical (unpaired) electrons. The number of anilines is 1. The second-order valence-electron chi connectivity index (χ2n) is 8.06. The van der Waals surface area contributed by atoms with E-state index in [1.807, 2.05) is 4.90 Å². The molecular weight excluding hydrogens is 451 g/mol. The van der Waals surface area contributed by atoms with Crippen molar-refractivity contribution in [3.05, 3.63) is 33.2 Å². The van der Waals surface area contributed by atoms with E-state index in [4.69, 9.17) is 11.6 Å². The zero-order valence-electron chi connectivity index (χ0n) is 16.8. The van der Waals surface area contributed by atoms with E-state index in [-0.39, 0.29) is 15.5 Å². The van der Waals surface area contributed by atoms with Crippen LogP contribution in [-0.2, 0) is 11.0 Å². The van der Waals surface area contributed by atoms with Gasteiger partial charge in [0.15, 0.2) is 0 Å². The number of alkyl halides is 3. The van der Waals surface area contributed by atoms with Crippen molar-refractivity contribution in [2.75, 3.05) is 31.1 Å². The highest BCUT2D eigenvalue weighted by atomic mass is 35.5. The van der Waals surface area contributed by atoms with Crippen molar-refractivity contribution >= 4 is 46.3 Å². The summed E-state index contributed by atoms with van der Waals surface area (Å²) in [7, 11) is 0. The molecule has 1 aromatic rings. The van der Waals surface area contributed by atoms with Gasteiger partial charge in [-0.3, -0.25) is 14.9 Å². The lowest BCUT2D eigenvalue weighted by Crippen LogP contribution is -2.47. The van der Waals surface area contributed by atoms with Gasteiger partial charge in [-0.15, -0.1) is 0 Å². The Hall–Kier alpha value is -1.71. The maximum absolute atomic E-state index is 13.4. The average molecular weight is 474 g/mol. The molecule has 0 aliphatic carbocycles. The second kappa shape index (κ2) is 9.03. The summed E-state index contributed by atoms with van der Waals surface area (Å²) in [6, 6.07) is 2.41. The van der Waals surface area contributed by atoms with Crippen LogP contribution < -0.4 is 10.2 Å². The lowest BCUT2D eigenvalue weighted by molar-refractivity contribution is -0.137. The number of piperidine rings is 2. The fraction of sp³-hybridized carbons (Fsp3) is 0.524. The molecule has 5 nitrogen and oxygen atoms in total. The number of amides is 2. The fourth-order valence-electron chi connectivity index (χ4n) is 4.53. The first-order valence-corrected chi connectivity index (χ1v) is 11.6. The number of benzene rings is 1. The van der Waals surface area contributed by atoms with Crippen LogP contribution >= 0.6 is 23.4 Å². The first kappa shape index (κ1) is 22.5. The number of nitrogens with zero attached hydrogens (tertiary/aromatic N) is 2. The molecule has 0 unspecified atom stereocenters. The maximum Gasteiger partial charge on any atom is 0.416 e. The van der Waals surface area contributed by atoms with Gasteiger partial charge in [0.05, 0.1) is 21.2 Å². The van der Waals surface area contributed by atoms with E-state index in [0.717, 1.165) is 38.1 Å². The molecule has 1 aromatic carbocycles. The van der Waals surface area contributed by atoms with Gasteiger partial charge in [0.1, 0.15) is 0 Å². The molecule has 2 amide bonds. The molecule has 4 rings (SSSR count). The van der Waals surface area contributed by atoms with Gasteiger partial charge in [-0.1, -0.05) is 18.0 Å². The van der Waals surface area contributed by atoms with E-state index >= 15 is 0 Å². The number of nitrogens with one attached hydrogen (secondary N) is 1. The number of thioether (sulfide) groups is 1. The molecule has 3 aliphatic heterocycles. The topological polar surface area (TPSA) is 52.7 Å². The highest BCUT2D eigenvalue weighted by molar-refractivity contribution is 8.18. The summed E-state index contributed by atoms with van der Waals surface area (Å²) in [5.74, 6) is -0.613. The minimum absolute atomic E-state index is 0.00664. The van der Waals surface area contributed by atoms with Crippen LogP contribution in [0.15, 0.2) is 17.0 Å². The minimum atomic E-state index is -4.57. The lowest BCUT2D eigenvalue weighted by atomic mass is 9.98. The van der Waals surface area contributed by atoms with Crippen LogP contribution in [0.5, 0.6) is 0 Å². The number of imide groups is 1. The van der Waals surface area contributed by atoms with E-state index < -0.39 is 22.9 Å². The van der Waals surface area contributed by atoms with Crippen LogP contribution in [0.3, 0.4) is 0 Å². The van der Waals surface area contributed by atoms with E-state index in [0.29, 0.717) is 36.6 Å². The number of carbonyl (C=O) groups excluding carboxylic acids is 2. The molecule has 0 atom stereocenters. The monoisotopic (exact) mass is 473 g/mol. The number of hydrogen-bond donors (Lipinski definition) is 1. The van der Waals surface area contributed by atoms with Gasteiger partial charge >= 0.3 is 6.18 Å². The summed E-state index contributed by atoms with van der Waals surface area (Å²) in [6.45, 7) is 3.54. The predicted octanol–water partition coefficient (Wildman–Crippen LogP) is 5.14. The summed E-state index contributed by atoms with van der Waals surface area (Å²) in [5.41, 5.74) is -0.207. The minimum Gasteiger partial charge on any atom is -0.370 e. The third kappa shape index (κ3) is 5.04. The van der Waals surface area contributed by atoms with E-state index in [1.165, 1.54) is 25.3 Å². The first-order valence-electron chi connectivity index (χ1n) is 10.4. The van der Waals surface area contributed by atoms with Crippen LogP contribution in [0.4, 0.5) is 23.7 Å². The Balaban J connectivity index is 1.63. The van der Waals surface area contributed by atoms with Gasteiger partial charge in [0.25, 0.3) is 11.1 Å². The number of carbonyl (C=O) groups is 2. The summed E-state index contributed by atoms with van der Waals surface area (Å²) < 4.78 is 40.2. The zero-order chi connectivity index (χ0) is 22.2. The summed E-state index contributed by atoms with van der Waals surface area (Å²) >= 11 is 7.03. The summed E-state index contributed by atoms with van der Waals surface area (Å²) in [4.78, 5) is 28.0. The van der Waals surface area contributed by atoms with Crippen LogP contribution in [0.25, 0.3) is 6.08 Å². The Bertz CT molecular complexity index is 908. The Kier molecular flexibility index (Phi) is 6.55. The van der Waals surface area contributed by atoms with Crippen molar-refractivity contribution in [1.82, 2.24) is 10.2 Å². The summed E-state index contributed by atoms with van der Waals surface area (Å²) in [5, 5.41) is 1.58. The van der Waals surface area contributed by atoms with Gasteiger partial charge in [0.2, 0.25) is 0 Å². The maximum atomic E-state index is 13.4. The van der Waals surface area contributed by atoms with Crippen molar-refractivity contribution < 1.29 is 22.8 Å². The van der Waals surface area contributed by atoms with Crippen LogP contribution in [0.1, 0.15) is 43.2 Å². The molecule has 3 aliphatic rings. The number of rotatable bonds is 3. The predicted molar refractivity (Wildman–Crippen MR) is 116 cm³/mol. The number of likely N-dealkylation sites (tertiary alicyclic amines) is 1. The molecule has 3 heterocycles. The third-order valence-corrected chi connectivity index (χ3v) is 7.14. The molecular formula is C21H23ClF3N3O2S. The molecule has 168 valence electrons. The molecule has 31 heavy (non-hydrogen) atoms.